The Morgan fingerprint density at radius 3 is 2.78 bits per heavy atom. The average molecular weight is 249 g/mol. The quantitative estimate of drug-likeness (QED) is 0.861. The molecule has 98 valence electrons. The Kier molecular flexibility index (Phi) is 4.20. The topological polar surface area (TPSA) is 60.8 Å². The van der Waals surface area contributed by atoms with Crippen LogP contribution in [0.5, 0.6) is 0 Å². The molecule has 1 unspecified atom stereocenters. The highest BCUT2D eigenvalue weighted by molar-refractivity contribution is 5.94. The first kappa shape index (κ1) is 12.9. The van der Waals surface area contributed by atoms with Crippen molar-refractivity contribution in [3.63, 3.8) is 0 Å². The molecule has 4 nitrogen and oxygen atoms in total. The second-order valence-corrected chi connectivity index (χ2v) is 4.70. The Balaban J connectivity index is 2.35. The van der Waals surface area contributed by atoms with E-state index in [-0.39, 0.29) is 12.6 Å². The molecule has 1 atom stereocenters. The van der Waals surface area contributed by atoms with Crippen LogP contribution in [-0.2, 0) is 0 Å². The number of nitrogens with zero attached hydrogens (tertiary/aromatic N) is 1. The summed E-state index contributed by atoms with van der Waals surface area (Å²) in [6, 6.07) is 7.07. The van der Waals surface area contributed by atoms with Crippen LogP contribution in [0, 0.1) is 0 Å². The van der Waals surface area contributed by atoms with Gasteiger partial charge in [-0.2, -0.15) is 0 Å². The maximum Gasteiger partial charge on any atom is 0.337 e. The first-order valence-corrected chi connectivity index (χ1v) is 6.44. The van der Waals surface area contributed by atoms with E-state index in [4.69, 9.17) is 0 Å². The average Bonchev–Trinajstić information content (AvgIpc) is 2.63. The predicted molar refractivity (Wildman–Crippen MR) is 70.1 cm³/mol. The van der Waals surface area contributed by atoms with Crippen molar-refractivity contribution in [3.05, 3.63) is 29.8 Å². The van der Waals surface area contributed by atoms with Gasteiger partial charge in [0, 0.05) is 6.54 Å². The number of aliphatic hydroxyl groups is 1. The van der Waals surface area contributed by atoms with Crippen LogP contribution in [0.4, 0.5) is 5.69 Å². The second-order valence-electron chi connectivity index (χ2n) is 4.70. The highest BCUT2D eigenvalue weighted by Gasteiger charge is 2.23. The summed E-state index contributed by atoms with van der Waals surface area (Å²) < 4.78 is 0. The zero-order chi connectivity index (χ0) is 13.0. The summed E-state index contributed by atoms with van der Waals surface area (Å²) in [7, 11) is 0. The monoisotopic (exact) mass is 249 g/mol. The lowest BCUT2D eigenvalue weighted by molar-refractivity contribution is 0.0697. The van der Waals surface area contributed by atoms with Gasteiger partial charge in [-0.05, 0) is 25.0 Å². The van der Waals surface area contributed by atoms with Gasteiger partial charge in [0.15, 0.2) is 0 Å². The molecule has 1 heterocycles. The molecular formula is C14H19NO3. The molecule has 2 rings (SSSR count). The third-order valence-corrected chi connectivity index (χ3v) is 3.53. The van der Waals surface area contributed by atoms with E-state index >= 15 is 0 Å². The SMILES string of the molecule is O=C(O)c1ccccc1N1CCCCCC1CO. The van der Waals surface area contributed by atoms with Crippen molar-refractivity contribution in [3.8, 4) is 0 Å². The van der Waals surface area contributed by atoms with E-state index in [1.165, 1.54) is 0 Å². The number of aromatic carboxylic acids is 1. The Morgan fingerprint density at radius 1 is 1.28 bits per heavy atom. The maximum absolute atomic E-state index is 11.3. The molecular weight excluding hydrogens is 230 g/mol. The number of carboxylic acid groups (broad SMARTS) is 1. The van der Waals surface area contributed by atoms with Crippen molar-refractivity contribution in [2.75, 3.05) is 18.1 Å². The number of aliphatic hydroxyl groups excluding tert-OH is 1. The van der Waals surface area contributed by atoms with Crippen molar-refractivity contribution in [2.24, 2.45) is 0 Å². The van der Waals surface area contributed by atoms with Gasteiger partial charge in [-0.25, -0.2) is 4.79 Å². The molecule has 0 bridgehead atoms. The molecule has 4 heteroatoms. The highest BCUT2D eigenvalue weighted by atomic mass is 16.4. The molecule has 1 fully saturated rings. The van der Waals surface area contributed by atoms with E-state index in [1.54, 1.807) is 12.1 Å². The third-order valence-electron chi connectivity index (χ3n) is 3.53. The van der Waals surface area contributed by atoms with Crippen LogP contribution in [0.3, 0.4) is 0 Å². The molecule has 1 aliphatic rings. The fraction of sp³-hybridized carbons (Fsp3) is 0.500. The summed E-state index contributed by atoms with van der Waals surface area (Å²) in [6.07, 6.45) is 4.20. The van der Waals surface area contributed by atoms with Crippen LogP contribution in [0.2, 0.25) is 0 Å². The second kappa shape index (κ2) is 5.87. The number of hydrogen-bond acceptors (Lipinski definition) is 3. The van der Waals surface area contributed by atoms with Gasteiger partial charge in [-0.3, -0.25) is 0 Å². The number of carboxylic acids is 1. The number of para-hydroxylation sites is 1. The number of rotatable bonds is 3. The Bertz CT molecular complexity index is 419. The molecule has 0 saturated carbocycles. The van der Waals surface area contributed by atoms with Crippen LogP contribution >= 0.6 is 0 Å². The first-order valence-electron chi connectivity index (χ1n) is 6.44. The Morgan fingerprint density at radius 2 is 2.06 bits per heavy atom. The van der Waals surface area contributed by atoms with Crippen molar-refractivity contribution in [1.82, 2.24) is 0 Å². The van der Waals surface area contributed by atoms with Gasteiger partial charge >= 0.3 is 5.97 Å². The van der Waals surface area contributed by atoms with Crippen LogP contribution in [0.15, 0.2) is 24.3 Å². The number of anilines is 1. The summed E-state index contributed by atoms with van der Waals surface area (Å²) in [4.78, 5) is 13.3. The fourth-order valence-corrected chi connectivity index (χ4v) is 2.59. The summed E-state index contributed by atoms with van der Waals surface area (Å²) in [5, 5.41) is 18.7. The number of hydrogen-bond donors (Lipinski definition) is 2. The minimum atomic E-state index is -0.911. The molecule has 1 aromatic carbocycles. The summed E-state index contributed by atoms with van der Waals surface area (Å²) in [6.45, 7) is 0.892. The van der Waals surface area contributed by atoms with Crippen molar-refractivity contribution in [1.29, 1.82) is 0 Å². The molecule has 0 spiro atoms. The van der Waals surface area contributed by atoms with Crippen LogP contribution in [0.1, 0.15) is 36.0 Å². The van der Waals surface area contributed by atoms with Crippen LogP contribution in [-0.4, -0.2) is 35.4 Å². The van der Waals surface area contributed by atoms with E-state index in [9.17, 15) is 15.0 Å². The number of benzene rings is 1. The molecule has 1 aromatic rings. The van der Waals surface area contributed by atoms with Crippen molar-refractivity contribution >= 4 is 11.7 Å². The number of carbonyl (C=O) groups is 1. The van der Waals surface area contributed by atoms with Crippen LogP contribution < -0.4 is 4.90 Å². The Labute approximate surface area is 107 Å². The van der Waals surface area contributed by atoms with E-state index in [0.29, 0.717) is 5.56 Å². The normalized spacial score (nSPS) is 20.5. The van der Waals surface area contributed by atoms with Gasteiger partial charge in [-0.1, -0.05) is 25.0 Å². The van der Waals surface area contributed by atoms with Gasteiger partial charge in [-0.15, -0.1) is 0 Å². The lowest BCUT2D eigenvalue weighted by Crippen LogP contribution is -2.38. The fourth-order valence-electron chi connectivity index (χ4n) is 2.59. The zero-order valence-electron chi connectivity index (χ0n) is 10.4. The molecule has 2 N–H and O–H groups in total. The minimum absolute atomic E-state index is 0.0352. The van der Waals surface area contributed by atoms with E-state index in [1.807, 2.05) is 12.1 Å². The van der Waals surface area contributed by atoms with E-state index in [0.717, 1.165) is 37.9 Å². The summed E-state index contributed by atoms with van der Waals surface area (Å²) >= 11 is 0. The minimum Gasteiger partial charge on any atom is -0.478 e. The Hall–Kier alpha value is -1.55. The third kappa shape index (κ3) is 2.64. The molecule has 0 aromatic heterocycles. The predicted octanol–water partition coefficient (Wildman–Crippen LogP) is 2.13. The molecule has 18 heavy (non-hydrogen) atoms. The van der Waals surface area contributed by atoms with Gasteiger partial charge < -0.3 is 15.1 Å². The standard InChI is InChI=1S/C14H19NO3/c16-10-11-6-2-1-5-9-15(11)13-8-4-3-7-12(13)14(17)18/h3-4,7-8,11,16H,1-2,5-6,9-10H2,(H,17,18). The van der Waals surface area contributed by atoms with Crippen molar-refractivity contribution in [2.45, 2.75) is 31.7 Å². The maximum atomic E-state index is 11.3. The van der Waals surface area contributed by atoms with Gasteiger partial charge in [0.1, 0.15) is 0 Å². The van der Waals surface area contributed by atoms with E-state index in [2.05, 4.69) is 4.90 Å². The molecule has 1 aliphatic heterocycles. The van der Waals surface area contributed by atoms with Gasteiger partial charge in [0.05, 0.1) is 23.9 Å². The summed E-state index contributed by atoms with van der Waals surface area (Å²) in [5.41, 5.74) is 1.05. The van der Waals surface area contributed by atoms with Crippen LogP contribution in [0.25, 0.3) is 0 Å². The van der Waals surface area contributed by atoms with E-state index < -0.39 is 5.97 Å². The highest BCUT2D eigenvalue weighted by Crippen LogP contribution is 2.27. The molecule has 0 radical (unpaired) electrons. The lowest BCUT2D eigenvalue weighted by atomic mass is 10.1. The lowest BCUT2D eigenvalue weighted by Gasteiger charge is -2.31. The van der Waals surface area contributed by atoms with Crippen molar-refractivity contribution < 1.29 is 15.0 Å². The molecule has 0 amide bonds. The summed E-state index contributed by atoms with van der Waals surface area (Å²) in [5.74, 6) is -0.911. The zero-order valence-corrected chi connectivity index (χ0v) is 10.4. The van der Waals surface area contributed by atoms with Gasteiger partial charge in [0.2, 0.25) is 0 Å². The first-order chi connectivity index (χ1) is 8.74. The molecule has 1 saturated heterocycles. The molecule has 0 aliphatic carbocycles. The van der Waals surface area contributed by atoms with Gasteiger partial charge in [0.25, 0.3) is 0 Å². The smallest absolute Gasteiger partial charge is 0.337 e. The largest absolute Gasteiger partial charge is 0.478 e.